The minimum atomic E-state index is -4.11. The molecule has 0 fully saturated rings. The summed E-state index contributed by atoms with van der Waals surface area (Å²) < 4.78 is 31.0. The van der Waals surface area contributed by atoms with E-state index in [1.807, 2.05) is 0 Å². The SMILES string of the molecule is Cc1ncc(S(=O)(=O)O)n1C. The number of hydrogen-bond donors (Lipinski definition) is 1. The molecule has 0 bridgehead atoms. The van der Waals surface area contributed by atoms with Crippen LogP contribution in [0.2, 0.25) is 0 Å². The molecular formula is C5H8N2O3S. The van der Waals surface area contributed by atoms with Crippen LogP contribution in [0.1, 0.15) is 5.82 Å². The molecule has 0 spiro atoms. The third kappa shape index (κ3) is 1.41. The highest BCUT2D eigenvalue weighted by Crippen LogP contribution is 2.07. The Morgan fingerprint density at radius 3 is 2.36 bits per heavy atom. The average molecular weight is 176 g/mol. The second-order valence-corrected chi connectivity index (χ2v) is 3.55. The first-order valence-corrected chi connectivity index (χ1v) is 4.33. The third-order valence-electron chi connectivity index (χ3n) is 1.44. The Hall–Kier alpha value is -0.880. The summed E-state index contributed by atoms with van der Waals surface area (Å²) in [5, 5.41) is -0.185. The number of nitrogens with zero attached hydrogens (tertiary/aromatic N) is 2. The molecule has 1 aromatic heterocycles. The molecule has 5 nitrogen and oxygen atoms in total. The molecule has 62 valence electrons. The smallest absolute Gasteiger partial charge is 0.311 e. The highest BCUT2D eigenvalue weighted by molar-refractivity contribution is 7.85. The predicted molar refractivity (Wildman–Crippen MR) is 37.8 cm³/mol. The zero-order valence-electron chi connectivity index (χ0n) is 6.14. The van der Waals surface area contributed by atoms with Gasteiger partial charge in [0.2, 0.25) is 0 Å². The standard InChI is InChI=1S/C5H8N2O3S/c1-4-6-3-5(7(4)2)11(8,9)10/h3H,1-2H3,(H,8,9,10). The van der Waals surface area contributed by atoms with Gasteiger partial charge in [-0.05, 0) is 6.92 Å². The lowest BCUT2D eigenvalue weighted by molar-refractivity contribution is 0.474. The van der Waals surface area contributed by atoms with Gasteiger partial charge >= 0.3 is 10.1 Å². The average Bonchev–Trinajstić information content (AvgIpc) is 2.11. The fourth-order valence-corrected chi connectivity index (χ4v) is 1.39. The van der Waals surface area contributed by atoms with Crippen molar-refractivity contribution in [2.45, 2.75) is 11.9 Å². The first kappa shape index (κ1) is 8.22. The topological polar surface area (TPSA) is 72.2 Å². The van der Waals surface area contributed by atoms with E-state index in [9.17, 15) is 8.42 Å². The number of aryl methyl sites for hydroxylation is 1. The van der Waals surface area contributed by atoms with Crippen LogP contribution in [0.15, 0.2) is 11.2 Å². The first-order chi connectivity index (χ1) is 4.93. The van der Waals surface area contributed by atoms with Gasteiger partial charge in [0.1, 0.15) is 5.82 Å². The van der Waals surface area contributed by atoms with E-state index >= 15 is 0 Å². The molecule has 0 aliphatic heterocycles. The molecule has 1 N–H and O–H groups in total. The number of rotatable bonds is 1. The lowest BCUT2D eigenvalue weighted by Crippen LogP contribution is -2.05. The molecule has 0 saturated heterocycles. The van der Waals surface area contributed by atoms with E-state index in [1.54, 1.807) is 6.92 Å². The molecule has 0 amide bonds. The molecule has 1 aromatic rings. The Labute approximate surface area is 64.4 Å². The van der Waals surface area contributed by atoms with Gasteiger partial charge < -0.3 is 4.57 Å². The number of aromatic nitrogens is 2. The van der Waals surface area contributed by atoms with Crippen molar-refractivity contribution in [2.24, 2.45) is 7.05 Å². The maximum Gasteiger partial charge on any atom is 0.311 e. The van der Waals surface area contributed by atoms with Gasteiger partial charge in [-0.1, -0.05) is 0 Å². The van der Waals surface area contributed by atoms with Gasteiger partial charge in [-0.25, -0.2) is 4.98 Å². The van der Waals surface area contributed by atoms with Crippen molar-refractivity contribution >= 4 is 10.1 Å². The van der Waals surface area contributed by atoms with Crippen molar-refractivity contribution in [1.82, 2.24) is 9.55 Å². The lowest BCUT2D eigenvalue weighted by atomic mass is 10.7. The van der Waals surface area contributed by atoms with Crippen LogP contribution in [0.4, 0.5) is 0 Å². The molecule has 0 aliphatic carbocycles. The van der Waals surface area contributed by atoms with E-state index < -0.39 is 10.1 Å². The van der Waals surface area contributed by atoms with Gasteiger partial charge in [0, 0.05) is 7.05 Å². The quantitative estimate of drug-likeness (QED) is 0.610. The maximum absolute atomic E-state index is 10.6. The van der Waals surface area contributed by atoms with E-state index in [4.69, 9.17) is 4.55 Å². The third-order valence-corrected chi connectivity index (χ3v) is 2.35. The Morgan fingerprint density at radius 2 is 2.18 bits per heavy atom. The van der Waals surface area contributed by atoms with Crippen molar-refractivity contribution in [1.29, 1.82) is 0 Å². The molecule has 0 saturated carbocycles. The second kappa shape index (κ2) is 2.31. The summed E-state index contributed by atoms with van der Waals surface area (Å²) in [4.78, 5) is 3.71. The van der Waals surface area contributed by atoms with Crippen LogP contribution in [-0.2, 0) is 17.2 Å². The fraction of sp³-hybridized carbons (Fsp3) is 0.400. The van der Waals surface area contributed by atoms with Crippen LogP contribution < -0.4 is 0 Å². The lowest BCUT2D eigenvalue weighted by Gasteiger charge is -1.97. The van der Waals surface area contributed by atoms with E-state index in [1.165, 1.54) is 11.6 Å². The van der Waals surface area contributed by atoms with E-state index in [2.05, 4.69) is 4.98 Å². The molecule has 0 radical (unpaired) electrons. The fourth-order valence-electron chi connectivity index (χ4n) is 0.721. The summed E-state index contributed by atoms with van der Waals surface area (Å²) >= 11 is 0. The van der Waals surface area contributed by atoms with E-state index in [0.29, 0.717) is 5.82 Å². The van der Waals surface area contributed by atoms with Gasteiger partial charge in [-0.15, -0.1) is 0 Å². The second-order valence-electron chi connectivity index (χ2n) is 2.18. The summed E-state index contributed by atoms with van der Waals surface area (Å²) in [6.45, 7) is 1.65. The molecule has 11 heavy (non-hydrogen) atoms. The zero-order chi connectivity index (χ0) is 8.65. The Balaban J connectivity index is 3.38. The van der Waals surface area contributed by atoms with Crippen molar-refractivity contribution in [3.8, 4) is 0 Å². The van der Waals surface area contributed by atoms with Gasteiger partial charge in [0.05, 0.1) is 6.20 Å². The van der Waals surface area contributed by atoms with Crippen LogP contribution in [0.5, 0.6) is 0 Å². The van der Waals surface area contributed by atoms with Gasteiger partial charge in [0.25, 0.3) is 0 Å². The van der Waals surface area contributed by atoms with Gasteiger partial charge in [-0.2, -0.15) is 8.42 Å². The first-order valence-electron chi connectivity index (χ1n) is 2.88. The van der Waals surface area contributed by atoms with Gasteiger partial charge in [0.15, 0.2) is 5.03 Å². The number of hydrogen-bond acceptors (Lipinski definition) is 3. The molecule has 1 rings (SSSR count). The Morgan fingerprint density at radius 1 is 1.64 bits per heavy atom. The predicted octanol–water partition coefficient (Wildman–Crippen LogP) is -0.0248. The summed E-state index contributed by atoms with van der Waals surface area (Å²) in [5.41, 5.74) is 0. The molecule has 0 unspecified atom stereocenters. The Kier molecular flexibility index (Phi) is 1.73. The summed E-state index contributed by atoms with van der Waals surface area (Å²) in [7, 11) is -2.59. The molecule has 0 atom stereocenters. The van der Waals surface area contributed by atoms with Crippen molar-refractivity contribution in [3.63, 3.8) is 0 Å². The van der Waals surface area contributed by atoms with E-state index in [-0.39, 0.29) is 5.03 Å². The molecule has 6 heteroatoms. The summed E-state index contributed by atoms with van der Waals surface area (Å²) in [5.74, 6) is 0.539. The van der Waals surface area contributed by atoms with Crippen molar-refractivity contribution in [2.75, 3.05) is 0 Å². The summed E-state index contributed by atoms with van der Waals surface area (Å²) in [6.07, 6.45) is 1.12. The highest BCUT2D eigenvalue weighted by Gasteiger charge is 2.14. The zero-order valence-corrected chi connectivity index (χ0v) is 6.96. The molecule has 1 heterocycles. The number of imidazole rings is 1. The largest absolute Gasteiger partial charge is 0.321 e. The van der Waals surface area contributed by atoms with Crippen LogP contribution in [0, 0.1) is 6.92 Å². The highest BCUT2D eigenvalue weighted by atomic mass is 32.2. The van der Waals surface area contributed by atoms with Gasteiger partial charge in [-0.3, -0.25) is 4.55 Å². The minimum Gasteiger partial charge on any atom is -0.321 e. The van der Waals surface area contributed by atoms with Crippen LogP contribution in [-0.4, -0.2) is 22.5 Å². The minimum absolute atomic E-state index is 0.185. The normalized spacial score (nSPS) is 11.9. The molecular weight excluding hydrogens is 168 g/mol. The van der Waals surface area contributed by atoms with Crippen LogP contribution >= 0.6 is 0 Å². The Bertz CT molecular complexity index is 365. The summed E-state index contributed by atoms with van der Waals surface area (Å²) in [6, 6.07) is 0. The monoisotopic (exact) mass is 176 g/mol. The molecule has 0 aliphatic rings. The van der Waals surface area contributed by atoms with Crippen LogP contribution in [0.3, 0.4) is 0 Å². The van der Waals surface area contributed by atoms with Crippen molar-refractivity contribution in [3.05, 3.63) is 12.0 Å². The van der Waals surface area contributed by atoms with Crippen LogP contribution in [0.25, 0.3) is 0 Å². The van der Waals surface area contributed by atoms with Crippen molar-refractivity contribution < 1.29 is 13.0 Å². The maximum atomic E-state index is 10.6. The molecule has 0 aromatic carbocycles. The van der Waals surface area contributed by atoms with E-state index in [0.717, 1.165) is 6.20 Å².